The summed E-state index contributed by atoms with van der Waals surface area (Å²) < 4.78 is 16.1. The minimum absolute atomic E-state index is 0.634. The maximum atomic E-state index is 5.54. The summed E-state index contributed by atoms with van der Waals surface area (Å²) in [4.78, 5) is 0. The van der Waals surface area contributed by atoms with Crippen LogP contribution in [0.25, 0.3) is 0 Å². The van der Waals surface area contributed by atoms with E-state index in [-0.39, 0.29) is 0 Å². The number of methoxy groups -OCH3 is 2. The van der Waals surface area contributed by atoms with Gasteiger partial charge in [-0.15, -0.1) is 5.10 Å². The van der Waals surface area contributed by atoms with Crippen molar-refractivity contribution < 1.29 is 14.2 Å². The molecule has 0 unspecified atom stereocenters. The maximum Gasteiger partial charge on any atom is 0.176 e. The van der Waals surface area contributed by atoms with Gasteiger partial charge in [0, 0.05) is 5.56 Å². The Hall–Kier alpha value is -3.87. The van der Waals surface area contributed by atoms with Crippen molar-refractivity contribution in [2.45, 2.75) is 6.92 Å². The summed E-state index contributed by atoms with van der Waals surface area (Å²) in [5, 5.41) is 8.51. The molecule has 30 heavy (non-hydrogen) atoms. The number of nitrogens with zero attached hydrogens (tertiary/aromatic N) is 3. The zero-order valence-corrected chi connectivity index (χ0v) is 17.2. The molecule has 0 aromatic heterocycles. The molecule has 0 bridgehead atoms. The average molecular weight is 404 g/mol. The van der Waals surface area contributed by atoms with E-state index in [1.165, 1.54) is 0 Å². The standard InChI is InChI=1S/C23H24N4O3/c1-4-30-22-11-5-17(6-12-22)23-24-26(18-7-13-20(28-2)14-8-18)27(25-23)19-9-15-21(29-3)16-10-19/h5-16H,4H2,1-3H3,(H,24,25). The number of benzene rings is 3. The van der Waals surface area contributed by atoms with Gasteiger partial charge in [0.1, 0.15) is 17.2 Å². The van der Waals surface area contributed by atoms with Crippen molar-refractivity contribution in [3.8, 4) is 17.2 Å². The van der Waals surface area contributed by atoms with Gasteiger partial charge in [-0.25, -0.2) is 0 Å². The SMILES string of the molecule is CCOc1ccc(C2=NN(c3ccc(OC)cc3)N(c3ccc(OC)cc3)N2)cc1. The molecule has 3 aromatic carbocycles. The van der Waals surface area contributed by atoms with Crippen LogP contribution in [-0.2, 0) is 0 Å². The van der Waals surface area contributed by atoms with Gasteiger partial charge >= 0.3 is 0 Å². The Morgan fingerprint density at radius 1 is 0.733 bits per heavy atom. The second-order valence-corrected chi connectivity index (χ2v) is 6.52. The first-order valence-electron chi connectivity index (χ1n) is 9.68. The molecule has 0 aliphatic carbocycles. The Labute approximate surface area is 176 Å². The Morgan fingerprint density at radius 3 is 1.80 bits per heavy atom. The number of hydrazine groups is 2. The van der Waals surface area contributed by atoms with E-state index >= 15 is 0 Å². The summed E-state index contributed by atoms with van der Waals surface area (Å²) in [6.45, 7) is 2.60. The predicted octanol–water partition coefficient (Wildman–Crippen LogP) is 4.21. The van der Waals surface area contributed by atoms with Crippen LogP contribution in [0.3, 0.4) is 0 Å². The molecule has 0 radical (unpaired) electrons. The second kappa shape index (κ2) is 8.65. The van der Waals surface area contributed by atoms with E-state index in [1.54, 1.807) is 14.2 Å². The number of hydrogen-bond acceptors (Lipinski definition) is 7. The molecule has 1 heterocycles. The highest BCUT2D eigenvalue weighted by Crippen LogP contribution is 2.28. The molecule has 1 N–H and O–H groups in total. The molecule has 0 atom stereocenters. The highest BCUT2D eigenvalue weighted by atomic mass is 16.5. The Bertz CT molecular complexity index is 1000. The minimum Gasteiger partial charge on any atom is -0.497 e. The molecule has 7 nitrogen and oxygen atoms in total. The van der Waals surface area contributed by atoms with E-state index in [0.29, 0.717) is 6.61 Å². The number of nitrogens with one attached hydrogen (secondary N) is 1. The maximum absolute atomic E-state index is 5.54. The molecule has 0 saturated heterocycles. The summed E-state index contributed by atoms with van der Waals surface area (Å²) in [5.74, 6) is 3.14. The number of anilines is 2. The first kappa shape index (κ1) is 19.4. The third-order valence-electron chi connectivity index (χ3n) is 4.66. The number of hydrazone groups is 1. The van der Waals surface area contributed by atoms with Gasteiger partial charge in [-0.3, -0.25) is 5.43 Å². The van der Waals surface area contributed by atoms with Gasteiger partial charge < -0.3 is 14.2 Å². The average Bonchev–Trinajstić information content (AvgIpc) is 3.25. The van der Waals surface area contributed by atoms with E-state index in [2.05, 4.69) is 5.43 Å². The van der Waals surface area contributed by atoms with Crippen molar-refractivity contribution in [2.24, 2.45) is 5.10 Å². The lowest BCUT2D eigenvalue weighted by Crippen LogP contribution is -2.44. The van der Waals surface area contributed by atoms with Crippen LogP contribution in [-0.4, -0.2) is 26.7 Å². The number of amidine groups is 1. The van der Waals surface area contributed by atoms with Gasteiger partial charge in [0.2, 0.25) is 0 Å². The Kier molecular flexibility index (Phi) is 5.61. The van der Waals surface area contributed by atoms with Crippen LogP contribution in [0.2, 0.25) is 0 Å². The summed E-state index contributed by atoms with van der Waals surface area (Å²) in [5.41, 5.74) is 6.14. The first-order valence-corrected chi connectivity index (χ1v) is 9.68. The van der Waals surface area contributed by atoms with Crippen LogP contribution in [0, 0.1) is 0 Å². The van der Waals surface area contributed by atoms with Crippen LogP contribution in [0.1, 0.15) is 12.5 Å². The smallest absolute Gasteiger partial charge is 0.176 e. The van der Waals surface area contributed by atoms with Gasteiger partial charge in [0.25, 0.3) is 0 Å². The van der Waals surface area contributed by atoms with E-state index in [0.717, 1.165) is 40.0 Å². The molecular weight excluding hydrogens is 380 g/mol. The van der Waals surface area contributed by atoms with Gasteiger partial charge in [-0.2, -0.15) is 10.2 Å². The molecule has 3 aromatic rings. The molecule has 0 spiro atoms. The fourth-order valence-corrected chi connectivity index (χ4v) is 3.09. The summed E-state index contributed by atoms with van der Waals surface area (Å²) in [6.07, 6.45) is 0. The number of rotatable bonds is 7. The second-order valence-electron chi connectivity index (χ2n) is 6.52. The third-order valence-corrected chi connectivity index (χ3v) is 4.66. The molecule has 0 amide bonds. The zero-order valence-electron chi connectivity index (χ0n) is 17.2. The van der Waals surface area contributed by atoms with Crippen LogP contribution >= 0.6 is 0 Å². The summed E-state index contributed by atoms with van der Waals surface area (Å²) >= 11 is 0. The van der Waals surface area contributed by atoms with Crippen molar-refractivity contribution >= 4 is 17.2 Å². The fourth-order valence-electron chi connectivity index (χ4n) is 3.09. The first-order chi connectivity index (χ1) is 14.7. The quantitative estimate of drug-likeness (QED) is 0.637. The van der Waals surface area contributed by atoms with Crippen LogP contribution in [0.4, 0.5) is 11.4 Å². The molecule has 154 valence electrons. The van der Waals surface area contributed by atoms with E-state index in [4.69, 9.17) is 19.3 Å². The normalized spacial score (nSPS) is 13.0. The van der Waals surface area contributed by atoms with E-state index in [9.17, 15) is 0 Å². The summed E-state index contributed by atoms with van der Waals surface area (Å²) in [6, 6.07) is 23.4. The molecule has 0 saturated carbocycles. The van der Waals surface area contributed by atoms with E-state index < -0.39 is 0 Å². The van der Waals surface area contributed by atoms with Gasteiger partial charge in [0.15, 0.2) is 5.84 Å². The van der Waals surface area contributed by atoms with Crippen LogP contribution < -0.4 is 29.9 Å². The van der Waals surface area contributed by atoms with Gasteiger partial charge in [-0.1, -0.05) is 0 Å². The lowest BCUT2D eigenvalue weighted by atomic mass is 10.2. The Morgan fingerprint density at radius 2 is 1.27 bits per heavy atom. The lowest BCUT2D eigenvalue weighted by molar-refractivity contribution is 0.340. The van der Waals surface area contributed by atoms with Crippen molar-refractivity contribution in [3.05, 3.63) is 78.4 Å². The predicted molar refractivity (Wildman–Crippen MR) is 118 cm³/mol. The zero-order chi connectivity index (χ0) is 20.9. The fraction of sp³-hybridized carbons (Fsp3) is 0.174. The Balaban J connectivity index is 1.67. The van der Waals surface area contributed by atoms with Crippen molar-refractivity contribution in [3.63, 3.8) is 0 Å². The topological polar surface area (TPSA) is 58.6 Å². The summed E-state index contributed by atoms with van der Waals surface area (Å²) in [7, 11) is 3.30. The van der Waals surface area contributed by atoms with Gasteiger partial charge in [0.05, 0.1) is 32.2 Å². The van der Waals surface area contributed by atoms with E-state index in [1.807, 2.05) is 90.0 Å². The highest BCUT2D eigenvalue weighted by Gasteiger charge is 2.26. The van der Waals surface area contributed by atoms with Gasteiger partial charge in [-0.05, 0) is 79.7 Å². The number of hydrogen-bond donors (Lipinski definition) is 1. The number of ether oxygens (including phenoxy) is 3. The minimum atomic E-state index is 0.634. The van der Waals surface area contributed by atoms with Crippen LogP contribution in [0.15, 0.2) is 77.9 Å². The molecular formula is C23H24N4O3. The molecule has 4 rings (SSSR count). The molecule has 1 aliphatic rings. The largest absolute Gasteiger partial charge is 0.497 e. The molecule has 1 aliphatic heterocycles. The van der Waals surface area contributed by atoms with Crippen molar-refractivity contribution in [1.82, 2.24) is 5.43 Å². The lowest BCUT2D eigenvalue weighted by Gasteiger charge is -2.28. The molecule has 7 heteroatoms. The monoisotopic (exact) mass is 404 g/mol. The highest BCUT2D eigenvalue weighted by molar-refractivity contribution is 6.02. The molecule has 0 fully saturated rings. The third kappa shape index (κ3) is 3.96. The van der Waals surface area contributed by atoms with Crippen LogP contribution in [0.5, 0.6) is 17.2 Å². The van der Waals surface area contributed by atoms with Crippen molar-refractivity contribution in [2.75, 3.05) is 31.1 Å². The van der Waals surface area contributed by atoms with Crippen molar-refractivity contribution in [1.29, 1.82) is 0 Å².